The van der Waals surface area contributed by atoms with Crippen molar-refractivity contribution in [1.82, 2.24) is 19.6 Å². The molecule has 8 nitrogen and oxygen atoms in total. The third kappa shape index (κ3) is 6.85. The summed E-state index contributed by atoms with van der Waals surface area (Å²) in [5, 5.41) is 9.80. The molecule has 0 bridgehead atoms. The molecule has 1 aliphatic carbocycles. The Morgan fingerprint density at radius 3 is 1.27 bits per heavy atom. The molecular weight excluding hydrogens is 922 g/mol. The predicted molar refractivity (Wildman–Crippen MR) is 302 cm³/mol. The number of aromatic nitrogens is 4. The van der Waals surface area contributed by atoms with E-state index < -0.39 is 0 Å². The Bertz CT molecular complexity index is 4140. The maximum atomic E-state index is 6.69. The molecule has 10 heteroatoms. The van der Waals surface area contributed by atoms with E-state index >= 15 is 0 Å². The van der Waals surface area contributed by atoms with Crippen molar-refractivity contribution < 1.29 is 18.9 Å². The van der Waals surface area contributed by atoms with Crippen molar-refractivity contribution in [3.8, 4) is 79.6 Å². The first-order valence-electron chi connectivity index (χ1n) is 25.8. The molecule has 358 valence electrons. The van der Waals surface area contributed by atoms with E-state index in [-0.39, 0.29) is 13.4 Å². The van der Waals surface area contributed by atoms with Crippen LogP contribution in [0.1, 0.15) is 50.9 Å². The number of rotatable bonds is 6. The molecule has 0 spiro atoms. The molecule has 15 rings (SSSR count). The Hall–Kier alpha value is -9.01. The number of nitrogens with zero attached hydrogens (tertiary/aromatic N) is 4. The Labute approximate surface area is 436 Å². The average Bonchev–Trinajstić information content (AvgIpc) is 4.22. The molecule has 0 N–H and O–H groups in total. The predicted octanol–water partition coefficient (Wildman–Crippen LogP) is 11.6. The smallest absolute Gasteiger partial charge is 0.260 e. The van der Waals surface area contributed by atoms with Crippen molar-refractivity contribution in [2.24, 2.45) is 0 Å². The largest absolute Gasteiger partial charge is 0.458 e. The van der Waals surface area contributed by atoms with E-state index in [2.05, 4.69) is 163 Å². The van der Waals surface area contributed by atoms with Crippen molar-refractivity contribution >= 4 is 57.3 Å². The molecule has 8 aromatic carbocycles. The number of fused-ring (bicyclic) bond motifs is 8. The van der Waals surface area contributed by atoms with E-state index in [1.54, 1.807) is 0 Å². The summed E-state index contributed by atoms with van der Waals surface area (Å²) >= 11 is 0. The maximum Gasteiger partial charge on any atom is 0.260 e. The molecule has 0 atom stereocenters. The number of aryl methyl sites for hydroxylation is 6. The number of benzene rings is 8. The van der Waals surface area contributed by atoms with Gasteiger partial charge < -0.3 is 18.9 Å². The van der Waals surface area contributed by atoms with Crippen molar-refractivity contribution in [1.29, 1.82) is 0 Å². The minimum absolute atomic E-state index is 0.108. The standard InChI is InChI=1S/C65H48B2N4O4/c1-36-23-38(3)62(39(4)24-36)46-32-68-70(34-46)48-17-21-56-52(30-48)66-50-28-44(15-19-54(50)72-58-9-7-11-60(74-56)64(58)66)42-13-14-43(27-42)45-16-20-55-51(29-45)67-53-31-49(18-22-57(53)75-61-12-8-10-59(73-55)65(61)67)71-35-47(33-69-71)63-40(5)25-37(2)26-41(63)6/h7-13,15-35H,14H2,1-6H3. The average molecular weight is 971 g/mol. The Kier molecular flexibility index (Phi) is 9.44. The number of ether oxygens (including phenoxy) is 4. The minimum atomic E-state index is -0.112. The fourth-order valence-corrected chi connectivity index (χ4v) is 12.9. The van der Waals surface area contributed by atoms with Crippen molar-refractivity contribution in [2.45, 2.75) is 48.0 Å². The van der Waals surface area contributed by atoms with Crippen LogP contribution in [0.15, 0.2) is 170 Å². The maximum absolute atomic E-state index is 6.69. The van der Waals surface area contributed by atoms with Gasteiger partial charge in [0.15, 0.2) is 0 Å². The zero-order chi connectivity index (χ0) is 50.4. The van der Waals surface area contributed by atoms with Crippen molar-refractivity contribution in [3.63, 3.8) is 0 Å². The molecule has 5 aliphatic rings. The van der Waals surface area contributed by atoms with Gasteiger partial charge in [-0.15, -0.1) is 0 Å². The van der Waals surface area contributed by atoms with E-state index in [0.717, 1.165) is 119 Å². The molecule has 0 amide bonds. The van der Waals surface area contributed by atoms with E-state index in [4.69, 9.17) is 29.1 Å². The van der Waals surface area contributed by atoms with Gasteiger partial charge in [0.05, 0.1) is 23.8 Å². The zero-order valence-electron chi connectivity index (χ0n) is 42.4. The van der Waals surface area contributed by atoms with Crippen LogP contribution in [0, 0.1) is 41.5 Å². The lowest BCUT2D eigenvalue weighted by Crippen LogP contribution is -2.57. The highest BCUT2D eigenvalue weighted by atomic mass is 16.5. The van der Waals surface area contributed by atoms with Gasteiger partial charge in [-0.25, -0.2) is 9.36 Å². The molecule has 10 aromatic rings. The Balaban J connectivity index is 0.769. The summed E-state index contributed by atoms with van der Waals surface area (Å²) in [6, 6.07) is 47.3. The quantitative estimate of drug-likeness (QED) is 0.155. The highest BCUT2D eigenvalue weighted by Crippen LogP contribution is 2.41. The Morgan fingerprint density at radius 2 is 0.813 bits per heavy atom. The highest BCUT2D eigenvalue weighted by molar-refractivity contribution is 6.99. The fourth-order valence-electron chi connectivity index (χ4n) is 12.9. The summed E-state index contributed by atoms with van der Waals surface area (Å²) in [6.07, 6.45) is 13.7. The second kappa shape index (κ2) is 16.2. The fraction of sp³-hybridized carbons (Fsp3) is 0.108. The molecule has 75 heavy (non-hydrogen) atoms. The second-order valence-electron chi connectivity index (χ2n) is 21.0. The highest BCUT2D eigenvalue weighted by Gasteiger charge is 2.42. The normalized spacial score (nSPS) is 13.9. The van der Waals surface area contributed by atoms with Crippen LogP contribution in [0.5, 0.6) is 46.0 Å². The monoisotopic (exact) mass is 970 g/mol. The first-order chi connectivity index (χ1) is 36.6. The number of hydrogen-bond acceptors (Lipinski definition) is 6. The second-order valence-corrected chi connectivity index (χ2v) is 21.0. The van der Waals surface area contributed by atoms with Crippen molar-refractivity contribution in [3.05, 3.63) is 215 Å². The topological polar surface area (TPSA) is 72.6 Å². The van der Waals surface area contributed by atoms with Crippen LogP contribution in [-0.4, -0.2) is 33.0 Å². The van der Waals surface area contributed by atoms with Crippen LogP contribution < -0.4 is 51.7 Å². The van der Waals surface area contributed by atoms with Crippen LogP contribution in [0.3, 0.4) is 0 Å². The third-order valence-corrected chi connectivity index (χ3v) is 16.0. The lowest BCUT2D eigenvalue weighted by atomic mass is 9.34. The molecule has 0 unspecified atom stereocenters. The Morgan fingerprint density at radius 1 is 0.413 bits per heavy atom. The van der Waals surface area contributed by atoms with Crippen LogP contribution in [0.2, 0.25) is 0 Å². The van der Waals surface area contributed by atoms with E-state index in [0.29, 0.717) is 0 Å². The van der Waals surface area contributed by atoms with Gasteiger partial charge in [-0.05, 0) is 198 Å². The van der Waals surface area contributed by atoms with Gasteiger partial charge in [-0.1, -0.05) is 83.9 Å². The summed E-state index contributed by atoms with van der Waals surface area (Å²) in [6.45, 7) is 12.8. The number of allylic oxidation sites excluding steroid dienone is 4. The van der Waals surface area contributed by atoms with Gasteiger partial charge in [0.25, 0.3) is 13.4 Å². The summed E-state index contributed by atoms with van der Waals surface area (Å²) in [5.74, 6) is 6.63. The number of hydrogen-bond donors (Lipinski definition) is 0. The summed E-state index contributed by atoms with van der Waals surface area (Å²) in [4.78, 5) is 0. The molecule has 0 saturated carbocycles. The molecule has 0 fully saturated rings. The van der Waals surface area contributed by atoms with Gasteiger partial charge in [-0.3, -0.25) is 0 Å². The van der Waals surface area contributed by atoms with E-state index in [1.165, 1.54) is 55.7 Å². The van der Waals surface area contributed by atoms with Gasteiger partial charge in [-0.2, -0.15) is 10.2 Å². The summed E-state index contributed by atoms with van der Waals surface area (Å²) in [7, 11) is 0. The van der Waals surface area contributed by atoms with Gasteiger partial charge in [0.2, 0.25) is 0 Å². The molecular formula is C65H48B2N4O4. The third-order valence-electron chi connectivity index (χ3n) is 16.0. The molecule has 6 heterocycles. The SMILES string of the molecule is Cc1cc(C)c(-c2cnn(-c3ccc4c(c3)B3c5cc(C6=CCC(c7ccc8c(c7)B7c9cc(-n%10cc(-c%11c(C)cc(C)cc%11C)cn%10)ccc9Oc9cccc(c97)O8)=C6)ccc5Oc5cccc(c53)O4)c2)c(C)c1. The van der Waals surface area contributed by atoms with Crippen LogP contribution in [0.25, 0.3) is 44.8 Å². The molecule has 2 aromatic heterocycles. The van der Waals surface area contributed by atoms with Gasteiger partial charge >= 0.3 is 0 Å². The molecule has 0 radical (unpaired) electrons. The summed E-state index contributed by atoms with van der Waals surface area (Å²) < 4.78 is 30.6. The lowest BCUT2D eigenvalue weighted by molar-refractivity contribution is 0.464. The van der Waals surface area contributed by atoms with Crippen LogP contribution in [-0.2, 0) is 0 Å². The van der Waals surface area contributed by atoms with E-state index in [1.807, 2.05) is 58.2 Å². The first kappa shape index (κ1) is 43.6. The first-order valence-corrected chi connectivity index (χ1v) is 25.8. The van der Waals surface area contributed by atoms with E-state index in [9.17, 15) is 0 Å². The van der Waals surface area contributed by atoms with Crippen LogP contribution in [0.4, 0.5) is 0 Å². The minimum Gasteiger partial charge on any atom is -0.458 e. The van der Waals surface area contributed by atoms with Crippen molar-refractivity contribution in [2.75, 3.05) is 0 Å². The van der Waals surface area contributed by atoms with Gasteiger partial charge in [0.1, 0.15) is 46.0 Å². The van der Waals surface area contributed by atoms with Gasteiger partial charge in [0, 0.05) is 34.4 Å². The molecule has 4 aliphatic heterocycles. The lowest BCUT2D eigenvalue weighted by Gasteiger charge is -2.33. The molecule has 0 saturated heterocycles. The van der Waals surface area contributed by atoms with Crippen LogP contribution >= 0.6 is 0 Å². The zero-order valence-corrected chi connectivity index (χ0v) is 42.4. The summed E-state index contributed by atoms with van der Waals surface area (Å²) in [5.41, 5.74) is 25.3.